The van der Waals surface area contributed by atoms with E-state index < -0.39 is 0 Å². The first-order valence-corrected chi connectivity index (χ1v) is 7.07. The summed E-state index contributed by atoms with van der Waals surface area (Å²) in [5.41, 5.74) is 0. The van der Waals surface area contributed by atoms with Crippen LogP contribution < -0.4 is 5.32 Å². The summed E-state index contributed by atoms with van der Waals surface area (Å²) in [6.45, 7) is 0. The topological polar surface area (TPSA) is 21.3 Å². The van der Waals surface area contributed by atoms with Crippen LogP contribution in [0, 0.1) is 11.8 Å². The van der Waals surface area contributed by atoms with Gasteiger partial charge in [-0.15, -0.1) is 0 Å². The first-order chi connectivity index (χ1) is 7.86. The van der Waals surface area contributed by atoms with Crippen molar-refractivity contribution in [3.05, 3.63) is 0 Å². The molecule has 2 heteroatoms. The Hall–Kier alpha value is -0.0800. The molecular weight excluding hydrogens is 198 g/mol. The Labute approximate surface area is 100 Å². The zero-order valence-corrected chi connectivity index (χ0v) is 10.9. The molecule has 0 heterocycles. The first-order valence-electron chi connectivity index (χ1n) is 7.07. The molecule has 0 amide bonds. The molecule has 0 spiro atoms. The van der Waals surface area contributed by atoms with Gasteiger partial charge in [0.2, 0.25) is 0 Å². The van der Waals surface area contributed by atoms with Crippen molar-refractivity contribution in [3.8, 4) is 0 Å². The molecule has 0 bridgehead atoms. The number of hydrogen-bond donors (Lipinski definition) is 1. The fourth-order valence-corrected chi connectivity index (χ4v) is 3.56. The number of likely N-dealkylation sites (N-methyl/N-ethyl adjacent to an activating group) is 1. The van der Waals surface area contributed by atoms with Crippen LogP contribution in [0.25, 0.3) is 0 Å². The lowest BCUT2D eigenvalue weighted by atomic mass is 9.73. The molecule has 0 aromatic heterocycles. The number of nitrogens with one attached hydrogen (secondary N) is 1. The zero-order chi connectivity index (χ0) is 11.4. The Morgan fingerprint density at radius 3 is 2.00 bits per heavy atom. The van der Waals surface area contributed by atoms with E-state index in [1.165, 1.54) is 51.4 Å². The molecule has 2 atom stereocenters. The van der Waals surface area contributed by atoms with Gasteiger partial charge in [0.25, 0.3) is 0 Å². The summed E-state index contributed by atoms with van der Waals surface area (Å²) in [6.07, 6.45) is 11.7. The molecule has 16 heavy (non-hydrogen) atoms. The summed E-state index contributed by atoms with van der Waals surface area (Å²) in [4.78, 5) is 0. The monoisotopic (exact) mass is 225 g/mol. The van der Waals surface area contributed by atoms with Crippen LogP contribution in [0.4, 0.5) is 0 Å². The van der Waals surface area contributed by atoms with Crippen LogP contribution in [0.5, 0.6) is 0 Å². The molecule has 2 aliphatic rings. The van der Waals surface area contributed by atoms with Gasteiger partial charge in [0.1, 0.15) is 0 Å². The quantitative estimate of drug-likeness (QED) is 0.776. The van der Waals surface area contributed by atoms with Crippen LogP contribution in [-0.4, -0.2) is 26.3 Å². The number of ether oxygens (including phenoxy) is 1. The van der Waals surface area contributed by atoms with Crippen molar-refractivity contribution in [2.45, 2.75) is 63.5 Å². The fourth-order valence-electron chi connectivity index (χ4n) is 3.56. The third kappa shape index (κ3) is 2.60. The fraction of sp³-hybridized carbons (Fsp3) is 1.00. The molecule has 2 aliphatic carbocycles. The zero-order valence-electron chi connectivity index (χ0n) is 10.9. The van der Waals surface area contributed by atoms with Gasteiger partial charge in [-0.25, -0.2) is 0 Å². The van der Waals surface area contributed by atoms with E-state index in [1.54, 1.807) is 0 Å². The van der Waals surface area contributed by atoms with Crippen LogP contribution in [0.15, 0.2) is 0 Å². The summed E-state index contributed by atoms with van der Waals surface area (Å²) in [5, 5.41) is 3.53. The molecule has 2 unspecified atom stereocenters. The van der Waals surface area contributed by atoms with E-state index in [1.807, 2.05) is 7.11 Å². The van der Waals surface area contributed by atoms with Crippen molar-refractivity contribution in [3.63, 3.8) is 0 Å². The minimum Gasteiger partial charge on any atom is -0.380 e. The van der Waals surface area contributed by atoms with E-state index in [9.17, 15) is 0 Å². The number of methoxy groups -OCH3 is 1. The van der Waals surface area contributed by atoms with Crippen molar-refractivity contribution in [2.75, 3.05) is 14.2 Å². The third-order valence-corrected chi connectivity index (χ3v) is 4.73. The molecule has 1 N–H and O–H groups in total. The second-order valence-electron chi connectivity index (χ2n) is 5.60. The predicted molar refractivity (Wildman–Crippen MR) is 67.6 cm³/mol. The van der Waals surface area contributed by atoms with Crippen molar-refractivity contribution in [2.24, 2.45) is 11.8 Å². The van der Waals surface area contributed by atoms with E-state index in [2.05, 4.69) is 12.4 Å². The predicted octanol–water partition coefficient (Wildman–Crippen LogP) is 2.97. The van der Waals surface area contributed by atoms with Gasteiger partial charge in [-0.1, -0.05) is 25.7 Å². The molecule has 2 nitrogen and oxygen atoms in total. The summed E-state index contributed by atoms with van der Waals surface area (Å²) in [5.74, 6) is 1.67. The maximum Gasteiger partial charge on any atom is 0.0754 e. The maximum atomic E-state index is 5.84. The molecule has 0 aromatic carbocycles. The second-order valence-corrected chi connectivity index (χ2v) is 5.60. The minimum atomic E-state index is 0.454. The number of hydrogen-bond acceptors (Lipinski definition) is 2. The molecule has 2 rings (SSSR count). The number of rotatable bonds is 5. The van der Waals surface area contributed by atoms with Crippen molar-refractivity contribution < 1.29 is 4.74 Å². The Morgan fingerprint density at radius 1 is 0.938 bits per heavy atom. The maximum absolute atomic E-state index is 5.84. The second kappa shape index (κ2) is 6.02. The van der Waals surface area contributed by atoms with E-state index in [-0.39, 0.29) is 0 Å². The molecule has 0 aliphatic heterocycles. The van der Waals surface area contributed by atoms with Crippen LogP contribution in [0.3, 0.4) is 0 Å². The van der Waals surface area contributed by atoms with Crippen LogP contribution in [-0.2, 0) is 4.74 Å². The van der Waals surface area contributed by atoms with Gasteiger partial charge in [0, 0.05) is 13.2 Å². The Morgan fingerprint density at radius 2 is 1.56 bits per heavy atom. The van der Waals surface area contributed by atoms with Gasteiger partial charge in [-0.2, -0.15) is 0 Å². The highest BCUT2D eigenvalue weighted by molar-refractivity contribution is 4.91. The Kier molecular flexibility index (Phi) is 4.66. The normalized spacial score (nSPS) is 27.4. The van der Waals surface area contributed by atoms with E-state index in [0.29, 0.717) is 12.1 Å². The van der Waals surface area contributed by atoms with Gasteiger partial charge in [-0.05, 0) is 44.6 Å². The lowest BCUT2D eigenvalue weighted by molar-refractivity contribution is -0.0172. The summed E-state index contributed by atoms with van der Waals surface area (Å²) in [7, 11) is 4.01. The highest BCUT2D eigenvalue weighted by Gasteiger charge is 2.36. The lowest BCUT2D eigenvalue weighted by Gasteiger charge is -2.42. The van der Waals surface area contributed by atoms with E-state index >= 15 is 0 Å². The van der Waals surface area contributed by atoms with Crippen LogP contribution in [0.1, 0.15) is 51.4 Å². The van der Waals surface area contributed by atoms with Crippen LogP contribution >= 0.6 is 0 Å². The molecule has 0 aromatic rings. The van der Waals surface area contributed by atoms with E-state index in [4.69, 9.17) is 4.74 Å². The SMILES string of the molecule is CNC(C1CCC1)C(OC)C1CCCCC1. The highest BCUT2D eigenvalue weighted by atomic mass is 16.5. The average Bonchev–Trinajstić information content (AvgIpc) is 2.27. The van der Waals surface area contributed by atoms with Gasteiger partial charge < -0.3 is 10.1 Å². The summed E-state index contributed by atoms with van der Waals surface area (Å²) < 4.78 is 5.84. The smallest absolute Gasteiger partial charge is 0.0754 e. The molecule has 0 radical (unpaired) electrons. The minimum absolute atomic E-state index is 0.454. The summed E-state index contributed by atoms with van der Waals surface area (Å²) >= 11 is 0. The van der Waals surface area contributed by atoms with Crippen LogP contribution in [0.2, 0.25) is 0 Å². The molecule has 0 saturated heterocycles. The van der Waals surface area contributed by atoms with E-state index in [0.717, 1.165) is 11.8 Å². The van der Waals surface area contributed by atoms with Crippen molar-refractivity contribution >= 4 is 0 Å². The Balaban J connectivity index is 1.94. The average molecular weight is 225 g/mol. The molecule has 2 saturated carbocycles. The van der Waals surface area contributed by atoms with Gasteiger partial charge in [0.15, 0.2) is 0 Å². The van der Waals surface area contributed by atoms with Gasteiger partial charge in [0.05, 0.1) is 6.10 Å². The highest BCUT2D eigenvalue weighted by Crippen LogP contribution is 2.36. The largest absolute Gasteiger partial charge is 0.380 e. The first kappa shape index (κ1) is 12.4. The van der Waals surface area contributed by atoms with Gasteiger partial charge in [-0.3, -0.25) is 0 Å². The van der Waals surface area contributed by atoms with Crippen molar-refractivity contribution in [1.29, 1.82) is 0 Å². The molecule has 94 valence electrons. The van der Waals surface area contributed by atoms with Gasteiger partial charge >= 0.3 is 0 Å². The standard InChI is InChI=1S/C14H27NO/c1-15-13(11-9-6-10-11)14(16-2)12-7-4-3-5-8-12/h11-15H,3-10H2,1-2H3. The Bertz CT molecular complexity index is 197. The lowest BCUT2D eigenvalue weighted by Crippen LogP contribution is -2.50. The molecule has 2 fully saturated rings. The molecular formula is C14H27NO. The third-order valence-electron chi connectivity index (χ3n) is 4.73. The van der Waals surface area contributed by atoms with Crippen molar-refractivity contribution in [1.82, 2.24) is 5.32 Å². The summed E-state index contributed by atoms with van der Waals surface area (Å²) in [6, 6.07) is 0.599.